The number of ketones is 1. The molecule has 0 saturated carbocycles. The summed E-state index contributed by atoms with van der Waals surface area (Å²) in [6, 6.07) is 3.76. The third-order valence-electron chi connectivity index (χ3n) is 3.82. The van der Waals surface area contributed by atoms with E-state index in [9.17, 15) is 4.79 Å². The van der Waals surface area contributed by atoms with Crippen LogP contribution in [0.3, 0.4) is 0 Å². The molecule has 1 fully saturated rings. The lowest BCUT2D eigenvalue weighted by molar-refractivity contribution is 0.0898. The van der Waals surface area contributed by atoms with Crippen LogP contribution in [-0.2, 0) is 0 Å². The number of rotatable bonds is 2. The second-order valence-corrected chi connectivity index (χ2v) is 5.22. The van der Waals surface area contributed by atoms with E-state index in [0.717, 1.165) is 42.8 Å². The van der Waals surface area contributed by atoms with E-state index < -0.39 is 0 Å². The van der Waals surface area contributed by atoms with E-state index in [4.69, 9.17) is 9.47 Å². The first kappa shape index (κ1) is 12.5. The zero-order valence-electron chi connectivity index (χ0n) is 11.2. The van der Waals surface area contributed by atoms with E-state index in [0.29, 0.717) is 19.0 Å². The molecule has 1 unspecified atom stereocenters. The van der Waals surface area contributed by atoms with Gasteiger partial charge < -0.3 is 14.8 Å². The van der Waals surface area contributed by atoms with Crippen molar-refractivity contribution >= 4 is 5.78 Å². The number of nitrogens with one attached hydrogen (secondary N) is 1. The molecule has 4 nitrogen and oxygen atoms in total. The summed E-state index contributed by atoms with van der Waals surface area (Å²) in [5, 5.41) is 3.29. The molecule has 0 amide bonds. The Labute approximate surface area is 113 Å². The fraction of sp³-hybridized carbons (Fsp3) is 0.533. The van der Waals surface area contributed by atoms with Crippen LogP contribution < -0.4 is 14.8 Å². The highest BCUT2D eigenvalue weighted by atomic mass is 16.6. The Morgan fingerprint density at radius 1 is 1.26 bits per heavy atom. The second kappa shape index (κ2) is 5.21. The molecule has 0 aliphatic carbocycles. The number of piperidine rings is 1. The third-order valence-corrected chi connectivity index (χ3v) is 3.82. The summed E-state index contributed by atoms with van der Waals surface area (Å²) in [6.45, 7) is 4.89. The average molecular weight is 261 g/mol. The van der Waals surface area contributed by atoms with Gasteiger partial charge in [0.2, 0.25) is 0 Å². The fourth-order valence-electron chi connectivity index (χ4n) is 2.75. The largest absolute Gasteiger partial charge is 0.486 e. The maximum absolute atomic E-state index is 12.6. The molecular weight excluding hydrogens is 242 g/mol. The zero-order valence-corrected chi connectivity index (χ0v) is 11.2. The van der Waals surface area contributed by atoms with Gasteiger partial charge in [0.15, 0.2) is 17.3 Å². The Kier molecular flexibility index (Phi) is 3.42. The number of Topliss-reactive ketones (excluding diaryl/α,β-unsaturated/α-hetero) is 1. The summed E-state index contributed by atoms with van der Waals surface area (Å²) < 4.78 is 11.1. The molecule has 1 N–H and O–H groups in total. The molecule has 102 valence electrons. The Morgan fingerprint density at radius 3 is 2.68 bits per heavy atom. The van der Waals surface area contributed by atoms with Crippen LogP contribution in [0.5, 0.6) is 11.5 Å². The van der Waals surface area contributed by atoms with Crippen molar-refractivity contribution < 1.29 is 14.3 Å². The maximum atomic E-state index is 12.6. The van der Waals surface area contributed by atoms with E-state index in [1.54, 1.807) is 0 Å². The van der Waals surface area contributed by atoms with Crippen LogP contribution >= 0.6 is 0 Å². The first-order valence-corrected chi connectivity index (χ1v) is 6.91. The molecule has 4 heteroatoms. The molecule has 19 heavy (non-hydrogen) atoms. The topological polar surface area (TPSA) is 47.6 Å². The van der Waals surface area contributed by atoms with Crippen molar-refractivity contribution in [3.8, 4) is 11.5 Å². The van der Waals surface area contributed by atoms with Gasteiger partial charge in [-0.3, -0.25) is 4.79 Å². The third kappa shape index (κ3) is 2.45. The van der Waals surface area contributed by atoms with Crippen LogP contribution in [-0.4, -0.2) is 32.1 Å². The Hall–Kier alpha value is -1.55. The molecule has 0 aromatic heterocycles. The molecule has 2 heterocycles. The van der Waals surface area contributed by atoms with Crippen molar-refractivity contribution in [2.75, 3.05) is 26.3 Å². The van der Waals surface area contributed by atoms with Gasteiger partial charge in [-0.25, -0.2) is 0 Å². The Morgan fingerprint density at radius 2 is 2.00 bits per heavy atom. The quantitative estimate of drug-likeness (QED) is 0.827. The Bertz CT molecular complexity index is 492. The molecule has 0 bridgehead atoms. The number of carbonyl (C=O) groups excluding carboxylic acids is 1. The monoisotopic (exact) mass is 261 g/mol. The minimum atomic E-state index is 0.0926. The number of fused-ring (bicyclic) bond motifs is 1. The van der Waals surface area contributed by atoms with E-state index >= 15 is 0 Å². The molecule has 1 atom stereocenters. The highest BCUT2D eigenvalue weighted by Crippen LogP contribution is 2.34. The van der Waals surface area contributed by atoms with E-state index in [2.05, 4.69) is 5.32 Å². The standard InChI is InChI=1S/C15H19NO3/c1-10-7-13-14(19-6-5-18-13)8-12(10)15(17)11-3-2-4-16-9-11/h7-8,11,16H,2-6,9H2,1H3. The van der Waals surface area contributed by atoms with E-state index in [1.165, 1.54) is 0 Å². The predicted molar refractivity (Wildman–Crippen MR) is 72.1 cm³/mol. The van der Waals surface area contributed by atoms with Crippen LogP contribution in [0.2, 0.25) is 0 Å². The molecule has 2 aliphatic heterocycles. The van der Waals surface area contributed by atoms with Gasteiger partial charge >= 0.3 is 0 Å². The number of benzene rings is 1. The van der Waals surface area contributed by atoms with Crippen molar-refractivity contribution in [1.29, 1.82) is 0 Å². The van der Waals surface area contributed by atoms with E-state index in [-0.39, 0.29) is 11.7 Å². The van der Waals surface area contributed by atoms with Crippen LogP contribution in [0.15, 0.2) is 12.1 Å². The SMILES string of the molecule is Cc1cc2c(cc1C(=O)C1CCCNC1)OCCO2. The summed E-state index contributed by atoms with van der Waals surface area (Å²) in [5.41, 5.74) is 1.75. The van der Waals surface area contributed by atoms with E-state index in [1.807, 2.05) is 19.1 Å². The number of ether oxygens (including phenoxy) is 2. The second-order valence-electron chi connectivity index (χ2n) is 5.22. The normalized spacial score (nSPS) is 22.1. The van der Waals surface area contributed by atoms with Crippen molar-refractivity contribution in [1.82, 2.24) is 5.32 Å². The van der Waals surface area contributed by atoms with Gasteiger partial charge in [-0.2, -0.15) is 0 Å². The summed E-state index contributed by atoms with van der Waals surface area (Å²) in [7, 11) is 0. The first-order valence-electron chi connectivity index (χ1n) is 6.91. The lowest BCUT2D eigenvalue weighted by Gasteiger charge is -2.24. The zero-order chi connectivity index (χ0) is 13.2. The van der Waals surface area contributed by atoms with Gasteiger partial charge in [0.05, 0.1) is 0 Å². The van der Waals surface area contributed by atoms with Gasteiger partial charge in [0, 0.05) is 18.0 Å². The van der Waals surface area contributed by atoms with Crippen molar-refractivity contribution in [2.45, 2.75) is 19.8 Å². The van der Waals surface area contributed by atoms with Crippen LogP contribution in [0.4, 0.5) is 0 Å². The van der Waals surface area contributed by atoms with Crippen molar-refractivity contribution in [3.63, 3.8) is 0 Å². The highest BCUT2D eigenvalue weighted by molar-refractivity contribution is 6.00. The number of hydrogen-bond acceptors (Lipinski definition) is 4. The number of hydrogen-bond donors (Lipinski definition) is 1. The minimum Gasteiger partial charge on any atom is -0.486 e. The minimum absolute atomic E-state index is 0.0926. The molecular formula is C15H19NO3. The van der Waals surface area contributed by atoms with Crippen LogP contribution in [0, 0.1) is 12.8 Å². The summed E-state index contributed by atoms with van der Waals surface area (Å²) >= 11 is 0. The lowest BCUT2D eigenvalue weighted by atomic mass is 9.89. The maximum Gasteiger partial charge on any atom is 0.167 e. The molecule has 1 saturated heterocycles. The van der Waals surface area contributed by atoms with Crippen LogP contribution in [0.25, 0.3) is 0 Å². The fourth-order valence-corrected chi connectivity index (χ4v) is 2.75. The Balaban J connectivity index is 1.89. The molecule has 2 aliphatic rings. The molecule has 1 aromatic rings. The van der Waals surface area contributed by atoms with Crippen molar-refractivity contribution in [3.05, 3.63) is 23.3 Å². The average Bonchev–Trinajstić information content (AvgIpc) is 2.47. The lowest BCUT2D eigenvalue weighted by Crippen LogP contribution is -2.34. The van der Waals surface area contributed by atoms with Gasteiger partial charge in [-0.15, -0.1) is 0 Å². The number of aryl methyl sites for hydroxylation is 1. The molecule has 3 rings (SSSR count). The predicted octanol–water partition coefficient (Wildman–Crippen LogP) is 1.95. The van der Waals surface area contributed by atoms with Crippen LogP contribution in [0.1, 0.15) is 28.8 Å². The van der Waals surface area contributed by atoms with Gasteiger partial charge in [0.1, 0.15) is 13.2 Å². The van der Waals surface area contributed by atoms with Crippen molar-refractivity contribution in [2.24, 2.45) is 5.92 Å². The highest BCUT2D eigenvalue weighted by Gasteiger charge is 2.25. The molecule has 1 aromatic carbocycles. The summed E-state index contributed by atoms with van der Waals surface area (Å²) in [4.78, 5) is 12.6. The molecule has 0 radical (unpaired) electrons. The van der Waals surface area contributed by atoms with Gasteiger partial charge in [-0.05, 0) is 44.0 Å². The summed E-state index contributed by atoms with van der Waals surface area (Å²) in [6.07, 6.45) is 2.04. The smallest absolute Gasteiger partial charge is 0.167 e. The molecule has 0 spiro atoms. The number of carbonyl (C=O) groups is 1. The summed E-state index contributed by atoms with van der Waals surface area (Å²) in [5.74, 6) is 1.77. The van der Waals surface area contributed by atoms with Gasteiger partial charge in [0.25, 0.3) is 0 Å². The first-order chi connectivity index (χ1) is 9.25. The van der Waals surface area contributed by atoms with Gasteiger partial charge in [-0.1, -0.05) is 0 Å².